The molecule has 1 aliphatic rings. The monoisotopic (exact) mass is 237 g/mol. The van der Waals surface area contributed by atoms with Crippen molar-refractivity contribution in [2.45, 2.75) is 44.6 Å². The zero-order chi connectivity index (χ0) is 11.6. The van der Waals surface area contributed by atoms with E-state index in [1.807, 2.05) is 12.1 Å². The summed E-state index contributed by atoms with van der Waals surface area (Å²) in [6.45, 7) is 5.70. The molecule has 1 aromatic carbocycles. The van der Waals surface area contributed by atoms with Gasteiger partial charge in [-0.15, -0.1) is 0 Å². The second kappa shape index (κ2) is 4.77. The van der Waals surface area contributed by atoms with Crippen LogP contribution in [-0.4, -0.2) is 12.6 Å². The van der Waals surface area contributed by atoms with Gasteiger partial charge in [0.05, 0.1) is 0 Å². The van der Waals surface area contributed by atoms with Crippen LogP contribution in [0.4, 0.5) is 0 Å². The fourth-order valence-corrected chi connectivity index (χ4v) is 3.25. The summed E-state index contributed by atoms with van der Waals surface area (Å²) >= 11 is 5.96. The molecule has 1 N–H and O–H groups in total. The van der Waals surface area contributed by atoms with Gasteiger partial charge in [0, 0.05) is 16.5 Å². The molecule has 1 fully saturated rings. The van der Waals surface area contributed by atoms with Crippen LogP contribution in [0, 0.1) is 0 Å². The molecule has 1 aliphatic heterocycles. The Hall–Kier alpha value is -0.530. The first-order valence-electron chi connectivity index (χ1n) is 6.22. The van der Waals surface area contributed by atoms with Crippen molar-refractivity contribution in [2.24, 2.45) is 0 Å². The maximum Gasteiger partial charge on any atom is 0.0406 e. The van der Waals surface area contributed by atoms with Crippen LogP contribution in [0.3, 0.4) is 0 Å². The van der Waals surface area contributed by atoms with Gasteiger partial charge in [-0.3, -0.25) is 0 Å². The van der Waals surface area contributed by atoms with E-state index in [4.69, 9.17) is 11.6 Å². The van der Waals surface area contributed by atoms with E-state index in [2.05, 4.69) is 31.3 Å². The van der Waals surface area contributed by atoms with E-state index in [-0.39, 0.29) is 0 Å². The van der Waals surface area contributed by atoms with Crippen molar-refractivity contribution in [3.8, 4) is 0 Å². The Bertz CT molecular complexity index is 346. The topological polar surface area (TPSA) is 12.0 Å². The Balaban J connectivity index is 2.37. The number of nitrogens with one attached hydrogen (secondary N) is 1. The molecule has 0 spiro atoms. The molecule has 0 aliphatic carbocycles. The summed E-state index contributed by atoms with van der Waals surface area (Å²) in [5.74, 6) is 0. The lowest BCUT2D eigenvalue weighted by Crippen LogP contribution is -2.39. The molecule has 2 atom stereocenters. The van der Waals surface area contributed by atoms with Crippen molar-refractivity contribution in [3.63, 3.8) is 0 Å². The molecular weight excluding hydrogens is 218 g/mol. The normalized spacial score (nSPS) is 29.6. The third kappa shape index (κ3) is 1.87. The Morgan fingerprint density at radius 3 is 2.56 bits per heavy atom. The number of hydrogen-bond donors (Lipinski definition) is 1. The minimum atomic E-state index is 0.319. The van der Waals surface area contributed by atoms with Crippen LogP contribution in [0.25, 0.3) is 0 Å². The maximum atomic E-state index is 5.96. The molecule has 2 heteroatoms. The van der Waals surface area contributed by atoms with Crippen molar-refractivity contribution >= 4 is 11.6 Å². The summed E-state index contributed by atoms with van der Waals surface area (Å²) in [5.41, 5.74) is 1.76. The van der Waals surface area contributed by atoms with Crippen molar-refractivity contribution in [2.75, 3.05) is 6.54 Å². The van der Waals surface area contributed by atoms with Crippen LogP contribution in [-0.2, 0) is 5.41 Å². The minimum absolute atomic E-state index is 0.319. The largest absolute Gasteiger partial charge is 0.313 e. The van der Waals surface area contributed by atoms with Crippen molar-refractivity contribution in [1.29, 1.82) is 0 Å². The molecule has 88 valence electrons. The molecule has 0 amide bonds. The van der Waals surface area contributed by atoms with Crippen LogP contribution < -0.4 is 5.32 Å². The summed E-state index contributed by atoms with van der Waals surface area (Å²) in [4.78, 5) is 0. The highest BCUT2D eigenvalue weighted by Crippen LogP contribution is 2.40. The van der Waals surface area contributed by atoms with Crippen molar-refractivity contribution < 1.29 is 0 Å². The van der Waals surface area contributed by atoms with Gasteiger partial charge < -0.3 is 5.32 Å². The highest BCUT2D eigenvalue weighted by atomic mass is 35.5. The highest BCUT2D eigenvalue weighted by molar-refractivity contribution is 6.30. The second-order valence-corrected chi connectivity index (χ2v) is 5.12. The summed E-state index contributed by atoms with van der Waals surface area (Å²) in [5, 5.41) is 4.46. The van der Waals surface area contributed by atoms with Crippen molar-refractivity contribution in [3.05, 3.63) is 34.9 Å². The average molecular weight is 238 g/mol. The lowest BCUT2D eigenvalue weighted by molar-refractivity contribution is 0.347. The SMILES string of the molecule is CCC1NCCC1(CC)c1ccc(Cl)cc1. The lowest BCUT2D eigenvalue weighted by Gasteiger charge is -2.34. The van der Waals surface area contributed by atoms with Crippen LogP contribution in [0.2, 0.25) is 5.02 Å². The van der Waals surface area contributed by atoms with E-state index in [1.165, 1.54) is 24.8 Å². The number of rotatable bonds is 3. The predicted octanol–water partition coefficient (Wildman–Crippen LogP) is 3.76. The van der Waals surface area contributed by atoms with Gasteiger partial charge >= 0.3 is 0 Å². The molecule has 1 nitrogen and oxygen atoms in total. The lowest BCUT2D eigenvalue weighted by atomic mass is 9.71. The fraction of sp³-hybridized carbons (Fsp3) is 0.571. The van der Waals surface area contributed by atoms with Crippen LogP contribution >= 0.6 is 11.6 Å². The standard InChI is InChI=1S/C14H20ClN/c1-3-13-14(4-2,9-10-16-13)11-5-7-12(15)8-6-11/h5-8,13,16H,3-4,9-10H2,1-2H3. The number of hydrogen-bond acceptors (Lipinski definition) is 1. The van der Waals surface area contributed by atoms with E-state index in [0.717, 1.165) is 11.6 Å². The third-order valence-electron chi connectivity index (χ3n) is 4.09. The maximum absolute atomic E-state index is 5.96. The van der Waals surface area contributed by atoms with Gasteiger partial charge in [0.1, 0.15) is 0 Å². The molecular formula is C14H20ClN. The Morgan fingerprint density at radius 1 is 1.31 bits per heavy atom. The molecule has 1 aromatic rings. The second-order valence-electron chi connectivity index (χ2n) is 4.68. The first kappa shape index (κ1) is 11.9. The summed E-state index contributed by atoms with van der Waals surface area (Å²) < 4.78 is 0. The molecule has 1 heterocycles. The Kier molecular flexibility index (Phi) is 3.56. The van der Waals surface area contributed by atoms with Crippen LogP contribution in [0.5, 0.6) is 0 Å². The van der Waals surface area contributed by atoms with Gasteiger partial charge in [-0.05, 0) is 43.5 Å². The Morgan fingerprint density at radius 2 is 2.00 bits per heavy atom. The molecule has 2 rings (SSSR count). The molecule has 2 unspecified atom stereocenters. The smallest absolute Gasteiger partial charge is 0.0406 e. The minimum Gasteiger partial charge on any atom is -0.313 e. The number of benzene rings is 1. The van der Waals surface area contributed by atoms with E-state index in [0.29, 0.717) is 11.5 Å². The summed E-state index contributed by atoms with van der Waals surface area (Å²) in [7, 11) is 0. The summed E-state index contributed by atoms with van der Waals surface area (Å²) in [6.07, 6.45) is 3.63. The average Bonchev–Trinajstić information content (AvgIpc) is 2.74. The van der Waals surface area contributed by atoms with Crippen LogP contribution in [0.1, 0.15) is 38.7 Å². The molecule has 0 saturated carbocycles. The molecule has 0 radical (unpaired) electrons. The van der Waals surface area contributed by atoms with Crippen LogP contribution in [0.15, 0.2) is 24.3 Å². The first-order chi connectivity index (χ1) is 7.73. The van der Waals surface area contributed by atoms with E-state index in [9.17, 15) is 0 Å². The predicted molar refractivity (Wildman–Crippen MR) is 70.1 cm³/mol. The zero-order valence-electron chi connectivity index (χ0n) is 10.1. The Labute approximate surface area is 103 Å². The molecule has 1 saturated heterocycles. The van der Waals surface area contributed by atoms with E-state index >= 15 is 0 Å². The van der Waals surface area contributed by atoms with E-state index in [1.54, 1.807) is 0 Å². The van der Waals surface area contributed by atoms with Gasteiger partial charge in [-0.1, -0.05) is 37.6 Å². The van der Waals surface area contributed by atoms with Gasteiger partial charge in [-0.2, -0.15) is 0 Å². The molecule has 16 heavy (non-hydrogen) atoms. The fourth-order valence-electron chi connectivity index (χ4n) is 3.13. The van der Waals surface area contributed by atoms with Crippen molar-refractivity contribution in [1.82, 2.24) is 5.32 Å². The molecule has 0 bridgehead atoms. The number of halogens is 1. The van der Waals surface area contributed by atoms with E-state index < -0.39 is 0 Å². The quantitative estimate of drug-likeness (QED) is 0.844. The van der Waals surface area contributed by atoms with Gasteiger partial charge in [-0.25, -0.2) is 0 Å². The summed E-state index contributed by atoms with van der Waals surface area (Å²) in [6, 6.07) is 9.03. The first-order valence-corrected chi connectivity index (χ1v) is 6.60. The van der Waals surface area contributed by atoms with Gasteiger partial charge in [0.25, 0.3) is 0 Å². The zero-order valence-corrected chi connectivity index (χ0v) is 10.8. The highest BCUT2D eigenvalue weighted by Gasteiger charge is 2.41. The third-order valence-corrected chi connectivity index (χ3v) is 4.34. The van der Waals surface area contributed by atoms with Gasteiger partial charge in [0.15, 0.2) is 0 Å². The molecule has 0 aromatic heterocycles. The van der Waals surface area contributed by atoms with Gasteiger partial charge in [0.2, 0.25) is 0 Å².